The molecule has 4 nitrogen and oxygen atoms in total. The van der Waals surface area contributed by atoms with Crippen LogP contribution in [-0.4, -0.2) is 10.5 Å². The van der Waals surface area contributed by atoms with Gasteiger partial charge in [0, 0.05) is 12.7 Å². The Morgan fingerprint density at radius 1 is 1.61 bits per heavy atom. The number of hydrogen-bond acceptors (Lipinski definition) is 3. The highest BCUT2D eigenvalue weighted by Gasteiger charge is 2.15. The molecule has 18 heavy (non-hydrogen) atoms. The van der Waals surface area contributed by atoms with Crippen LogP contribution in [0.1, 0.15) is 35.9 Å². The summed E-state index contributed by atoms with van der Waals surface area (Å²) in [5, 5.41) is 7.02. The van der Waals surface area contributed by atoms with Crippen LogP contribution < -0.4 is 11.1 Å². The molecule has 0 radical (unpaired) electrons. The second-order valence-electron chi connectivity index (χ2n) is 4.20. The molecule has 2 aromatic heterocycles. The summed E-state index contributed by atoms with van der Waals surface area (Å²) < 4.78 is 1.85. The summed E-state index contributed by atoms with van der Waals surface area (Å²) in [5.74, 6) is -0.0905. The topological polar surface area (TPSA) is 60.0 Å². The van der Waals surface area contributed by atoms with Crippen molar-refractivity contribution >= 4 is 22.9 Å². The average Bonchev–Trinajstić information content (AvgIpc) is 2.96. The predicted octanol–water partition coefficient (Wildman–Crippen LogP) is 2.64. The molecule has 0 aliphatic rings. The summed E-state index contributed by atoms with van der Waals surface area (Å²) in [6.07, 6.45) is 1.78. The van der Waals surface area contributed by atoms with Crippen molar-refractivity contribution in [3.63, 3.8) is 0 Å². The maximum atomic E-state index is 12.2. The quantitative estimate of drug-likeness (QED) is 0.891. The molecule has 0 aliphatic carbocycles. The molecular weight excluding hydrogens is 246 g/mol. The minimum absolute atomic E-state index is 0.00480. The summed E-state index contributed by atoms with van der Waals surface area (Å²) in [6.45, 7) is 4.69. The number of hydrogen-bond donors (Lipinski definition) is 2. The Kier molecular flexibility index (Phi) is 3.72. The molecule has 0 fully saturated rings. The molecule has 0 saturated heterocycles. The summed E-state index contributed by atoms with van der Waals surface area (Å²) in [7, 11) is 0. The average molecular weight is 263 g/mol. The van der Waals surface area contributed by atoms with E-state index in [2.05, 4.69) is 5.32 Å². The molecule has 1 unspecified atom stereocenters. The molecule has 0 saturated carbocycles. The SMILES string of the molecule is CCn1cc(N)cc1C(=O)NC(C)c1ccsc1. The molecule has 1 atom stereocenters. The highest BCUT2D eigenvalue weighted by atomic mass is 32.1. The van der Waals surface area contributed by atoms with Crippen LogP contribution >= 0.6 is 11.3 Å². The number of thiophene rings is 1. The first-order chi connectivity index (χ1) is 8.61. The van der Waals surface area contributed by atoms with E-state index in [9.17, 15) is 4.79 Å². The van der Waals surface area contributed by atoms with Crippen LogP contribution in [0.4, 0.5) is 5.69 Å². The fourth-order valence-corrected chi connectivity index (χ4v) is 2.61. The smallest absolute Gasteiger partial charge is 0.268 e. The van der Waals surface area contributed by atoms with Gasteiger partial charge in [0.05, 0.1) is 11.7 Å². The van der Waals surface area contributed by atoms with E-state index in [4.69, 9.17) is 5.73 Å². The maximum Gasteiger partial charge on any atom is 0.268 e. The molecule has 2 heterocycles. The highest BCUT2D eigenvalue weighted by molar-refractivity contribution is 7.07. The maximum absolute atomic E-state index is 12.2. The molecular formula is C13H17N3OS. The molecule has 0 aromatic carbocycles. The van der Waals surface area contributed by atoms with Gasteiger partial charge in [0.1, 0.15) is 5.69 Å². The first-order valence-electron chi connectivity index (χ1n) is 5.90. The largest absolute Gasteiger partial charge is 0.397 e. The zero-order chi connectivity index (χ0) is 13.1. The van der Waals surface area contributed by atoms with Gasteiger partial charge in [-0.1, -0.05) is 0 Å². The summed E-state index contributed by atoms with van der Waals surface area (Å²) in [6, 6.07) is 3.73. The van der Waals surface area contributed by atoms with Crippen molar-refractivity contribution < 1.29 is 4.79 Å². The van der Waals surface area contributed by atoms with E-state index in [1.165, 1.54) is 0 Å². The zero-order valence-electron chi connectivity index (χ0n) is 10.5. The Balaban J connectivity index is 2.12. The number of anilines is 1. The second-order valence-corrected chi connectivity index (χ2v) is 4.98. The molecule has 1 amide bonds. The highest BCUT2D eigenvalue weighted by Crippen LogP contribution is 2.17. The van der Waals surface area contributed by atoms with Gasteiger partial charge in [-0.2, -0.15) is 11.3 Å². The van der Waals surface area contributed by atoms with Gasteiger partial charge in [0.2, 0.25) is 0 Å². The predicted molar refractivity (Wildman–Crippen MR) is 74.7 cm³/mol. The number of aryl methyl sites for hydroxylation is 1. The summed E-state index contributed by atoms with van der Waals surface area (Å²) in [4.78, 5) is 12.2. The van der Waals surface area contributed by atoms with Gasteiger partial charge in [-0.25, -0.2) is 0 Å². The Labute approximate surface area is 110 Å². The lowest BCUT2D eigenvalue weighted by Gasteiger charge is -2.13. The van der Waals surface area contributed by atoms with E-state index >= 15 is 0 Å². The molecule has 0 aliphatic heterocycles. The first-order valence-corrected chi connectivity index (χ1v) is 6.84. The van der Waals surface area contributed by atoms with Crippen LogP contribution in [0.2, 0.25) is 0 Å². The standard InChI is InChI=1S/C13H17N3OS/c1-3-16-7-11(14)6-12(16)13(17)15-9(2)10-4-5-18-8-10/h4-9H,3,14H2,1-2H3,(H,15,17). The number of aromatic nitrogens is 1. The van der Waals surface area contributed by atoms with Gasteiger partial charge in [-0.05, 0) is 42.3 Å². The Bertz CT molecular complexity index is 530. The third-order valence-corrected chi connectivity index (χ3v) is 3.58. The number of amides is 1. The number of nitrogens with two attached hydrogens (primary N) is 1. The molecule has 2 aromatic rings. The number of carbonyl (C=O) groups is 1. The molecule has 0 bridgehead atoms. The minimum Gasteiger partial charge on any atom is -0.397 e. The Hall–Kier alpha value is -1.75. The fraction of sp³-hybridized carbons (Fsp3) is 0.308. The van der Waals surface area contributed by atoms with Crippen molar-refractivity contribution in [2.45, 2.75) is 26.4 Å². The summed E-state index contributed by atoms with van der Waals surface area (Å²) in [5.41, 5.74) is 8.06. The van der Waals surface area contributed by atoms with E-state index < -0.39 is 0 Å². The Morgan fingerprint density at radius 2 is 2.39 bits per heavy atom. The van der Waals surface area contributed by atoms with Crippen molar-refractivity contribution in [2.75, 3.05) is 5.73 Å². The van der Waals surface area contributed by atoms with Gasteiger partial charge in [-0.15, -0.1) is 0 Å². The van der Waals surface area contributed by atoms with E-state index in [1.807, 2.05) is 35.2 Å². The number of carbonyl (C=O) groups excluding carboxylic acids is 1. The van der Waals surface area contributed by atoms with E-state index in [0.717, 1.165) is 12.1 Å². The van der Waals surface area contributed by atoms with Crippen molar-refractivity contribution in [2.24, 2.45) is 0 Å². The fourth-order valence-electron chi connectivity index (χ4n) is 1.86. The third-order valence-electron chi connectivity index (χ3n) is 2.88. The van der Waals surface area contributed by atoms with Crippen molar-refractivity contribution in [3.8, 4) is 0 Å². The van der Waals surface area contributed by atoms with Crippen molar-refractivity contribution in [1.82, 2.24) is 9.88 Å². The van der Waals surface area contributed by atoms with Crippen LogP contribution in [0.15, 0.2) is 29.1 Å². The first kappa shape index (κ1) is 12.7. The van der Waals surface area contributed by atoms with Crippen LogP contribution in [0, 0.1) is 0 Å². The zero-order valence-corrected chi connectivity index (χ0v) is 11.3. The van der Waals surface area contributed by atoms with Gasteiger partial charge < -0.3 is 15.6 Å². The number of nitrogen functional groups attached to an aromatic ring is 1. The second kappa shape index (κ2) is 5.27. The minimum atomic E-state index is -0.0905. The van der Waals surface area contributed by atoms with Crippen LogP contribution in [0.5, 0.6) is 0 Å². The Morgan fingerprint density at radius 3 is 3.00 bits per heavy atom. The lowest BCUT2D eigenvalue weighted by atomic mass is 10.2. The van der Waals surface area contributed by atoms with E-state index in [1.54, 1.807) is 23.6 Å². The monoisotopic (exact) mass is 263 g/mol. The van der Waals surface area contributed by atoms with Gasteiger partial charge in [-0.3, -0.25) is 4.79 Å². The summed E-state index contributed by atoms with van der Waals surface area (Å²) >= 11 is 1.63. The van der Waals surface area contributed by atoms with Gasteiger partial charge >= 0.3 is 0 Å². The van der Waals surface area contributed by atoms with Crippen LogP contribution in [0.3, 0.4) is 0 Å². The number of rotatable bonds is 4. The van der Waals surface area contributed by atoms with Crippen molar-refractivity contribution in [1.29, 1.82) is 0 Å². The lowest BCUT2D eigenvalue weighted by Crippen LogP contribution is -2.28. The van der Waals surface area contributed by atoms with Crippen LogP contribution in [0.25, 0.3) is 0 Å². The molecule has 0 spiro atoms. The third kappa shape index (κ3) is 2.56. The van der Waals surface area contributed by atoms with E-state index in [0.29, 0.717) is 11.4 Å². The number of nitrogens with zero attached hydrogens (tertiary/aromatic N) is 1. The van der Waals surface area contributed by atoms with Crippen molar-refractivity contribution in [3.05, 3.63) is 40.3 Å². The van der Waals surface area contributed by atoms with Gasteiger partial charge in [0.25, 0.3) is 5.91 Å². The van der Waals surface area contributed by atoms with Crippen LogP contribution in [-0.2, 0) is 6.54 Å². The number of nitrogens with one attached hydrogen (secondary N) is 1. The molecule has 96 valence electrons. The molecule has 3 N–H and O–H groups in total. The van der Waals surface area contributed by atoms with Gasteiger partial charge in [0.15, 0.2) is 0 Å². The normalized spacial score (nSPS) is 12.3. The molecule has 5 heteroatoms. The lowest BCUT2D eigenvalue weighted by molar-refractivity contribution is 0.0930. The van der Waals surface area contributed by atoms with E-state index in [-0.39, 0.29) is 11.9 Å². The molecule has 2 rings (SSSR count).